The highest BCUT2D eigenvalue weighted by Gasteiger charge is 2.11. The lowest BCUT2D eigenvalue weighted by molar-refractivity contribution is 0.103. The standard InChI is InChI=1S/C22H23N3O4S/c1-27-19-9-7-15(13-20(19)28-2)11-12-24-29-14-16-8-10-21(30-16)22(26)25-18-6-4-3-5-17(18)23/h3-10,12-13H,11,14,23H2,1-2H3,(H,25,26)/b24-12+. The minimum absolute atomic E-state index is 0.207. The van der Waals surface area contributed by atoms with E-state index in [1.165, 1.54) is 11.3 Å². The smallest absolute Gasteiger partial charge is 0.265 e. The Morgan fingerprint density at radius 1 is 1.10 bits per heavy atom. The average Bonchev–Trinajstić information content (AvgIpc) is 3.24. The fraction of sp³-hybridized carbons (Fsp3) is 0.182. The number of nitrogen functional groups attached to an aromatic ring is 1. The molecule has 30 heavy (non-hydrogen) atoms. The van der Waals surface area contributed by atoms with Crippen molar-refractivity contribution in [2.75, 3.05) is 25.3 Å². The van der Waals surface area contributed by atoms with Crippen LogP contribution in [0.5, 0.6) is 11.5 Å². The molecule has 0 radical (unpaired) electrons. The molecule has 0 atom stereocenters. The van der Waals surface area contributed by atoms with Crippen LogP contribution in [0.25, 0.3) is 0 Å². The molecule has 0 fully saturated rings. The molecule has 3 N–H and O–H groups in total. The predicted molar refractivity (Wildman–Crippen MR) is 120 cm³/mol. The number of oxime groups is 1. The second kappa shape index (κ2) is 10.3. The molecule has 8 heteroatoms. The lowest BCUT2D eigenvalue weighted by Gasteiger charge is -2.08. The number of nitrogens with two attached hydrogens (primary N) is 1. The monoisotopic (exact) mass is 425 g/mol. The Hall–Kier alpha value is -3.52. The van der Waals surface area contributed by atoms with E-state index in [0.717, 1.165) is 10.4 Å². The van der Waals surface area contributed by atoms with Gasteiger partial charge in [0, 0.05) is 17.5 Å². The number of methoxy groups -OCH3 is 2. The first-order valence-electron chi connectivity index (χ1n) is 9.20. The zero-order chi connectivity index (χ0) is 21.3. The van der Waals surface area contributed by atoms with E-state index in [1.54, 1.807) is 38.6 Å². The van der Waals surface area contributed by atoms with Crippen molar-refractivity contribution in [1.82, 2.24) is 0 Å². The zero-order valence-corrected chi connectivity index (χ0v) is 17.6. The Labute approximate surface area is 179 Å². The van der Waals surface area contributed by atoms with Crippen molar-refractivity contribution < 1.29 is 19.1 Å². The van der Waals surface area contributed by atoms with Crippen LogP contribution in [-0.2, 0) is 17.9 Å². The molecular formula is C22H23N3O4S. The molecule has 0 saturated carbocycles. The predicted octanol–water partition coefficient (Wildman–Crippen LogP) is 4.34. The van der Waals surface area contributed by atoms with Gasteiger partial charge in [0.2, 0.25) is 0 Å². The summed E-state index contributed by atoms with van der Waals surface area (Å²) < 4.78 is 10.5. The molecular weight excluding hydrogens is 402 g/mol. The second-order valence-electron chi connectivity index (χ2n) is 6.26. The van der Waals surface area contributed by atoms with Crippen LogP contribution in [0.2, 0.25) is 0 Å². The van der Waals surface area contributed by atoms with E-state index in [-0.39, 0.29) is 12.5 Å². The molecule has 0 aliphatic rings. The number of hydrogen-bond acceptors (Lipinski definition) is 7. The summed E-state index contributed by atoms with van der Waals surface area (Å²) in [4.78, 5) is 19.2. The highest BCUT2D eigenvalue weighted by atomic mass is 32.1. The van der Waals surface area contributed by atoms with Crippen LogP contribution < -0.4 is 20.5 Å². The summed E-state index contributed by atoms with van der Waals surface area (Å²) in [7, 11) is 3.20. The quantitative estimate of drug-likeness (QED) is 0.302. The number of anilines is 2. The Kier molecular flexibility index (Phi) is 7.29. The topological polar surface area (TPSA) is 95.2 Å². The summed E-state index contributed by atoms with van der Waals surface area (Å²) in [6.45, 7) is 0.286. The minimum Gasteiger partial charge on any atom is -0.493 e. The molecule has 156 valence electrons. The molecule has 0 saturated heterocycles. The van der Waals surface area contributed by atoms with Gasteiger partial charge < -0.3 is 25.4 Å². The number of amides is 1. The number of nitrogens with one attached hydrogen (secondary N) is 1. The maximum absolute atomic E-state index is 12.4. The Morgan fingerprint density at radius 3 is 2.67 bits per heavy atom. The number of para-hydroxylation sites is 2. The molecule has 0 spiro atoms. The number of carbonyl (C=O) groups excluding carboxylic acids is 1. The molecule has 1 amide bonds. The normalized spacial score (nSPS) is 10.7. The van der Waals surface area contributed by atoms with E-state index >= 15 is 0 Å². The summed E-state index contributed by atoms with van der Waals surface area (Å²) in [6, 6.07) is 16.4. The number of hydrogen-bond donors (Lipinski definition) is 2. The van der Waals surface area contributed by atoms with Gasteiger partial charge in [-0.2, -0.15) is 0 Å². The van der Waals surface area contributed by atoms with E-state index in [1.807, 2.05) is 36.4 Å². The van der Waals surface area contributed by atoms with Gasteiger partial charge >= 0.3 is 0 Å². The van der Waals surface area contributed by atoms with Crippen molar-refractivity contribution in [3.05, 3.63) is 69.9 Å². The van der Waals surface area contributed by atoms with Crippen LogP contribution >= 0.6 is 11.3 Å². The molecule has 1 heterocycles. The van der Waals surface area contributed by atoms with Crippen molar-refractivity contribution in [2.45, 2.75) is 13.0 Å². The number of nitrogens with zero attached hydrogens (tertiary/aromatic N) is 1. The SMILES string of the molecule is COc1ccc(C/C=N/OCc2ccc(C(=O)Nc3ccccc3N)s2)cc1OC. The molecule has 3 rings (SSSR count). The Bertz CT molecular complexity index is 1030. The van der Waals surface area contributed by atoms with Gasteiger partial charge in [0.05, 0.1) is 30.5 Å². The van der Waals surface area contributed by atoms with Crippen LogP contribution in [0.4, 0.5) is 11.4 Å². The number of thiophene rings is 1. The van der Waals surface area contributed by atoms with Gasteiger partial charge in [-0.05, 0) is 42.0 Å². The molecule has 7 nitrogen and oxygen atoms in total. The van der Waals surface area contributed by atoms with Crippen LogP contribution in [0.1, 0.15) is 20.1 Å². The first kappa shape index (κ1) is 21.2. The average molecular weight is 426 g/mol. The Balaban J connectivity index is 1.48. The van der Waals surface area contributed by atoms with E-state index in [0.29, 0.717) is 34.2 Å². The van der Waals surface area contributed by atoms with Crippen LogP contribution in [0, 0.1) is 0 Å². The summed E-state index contributed by atoms with van der Waals surface area (Å²) in [6.07, 6.45) is 2.28. The number of ether oxygens (including phenoxy) is 2. The Morgan fingerprint density at radius 2 is 1.90 bits per heavy atom. The number of benzene rings is 2. The van der Waals surface area contributed by atoms with Gasteiger partial charge in [0.15, 0.2) is 18.1 Å². The van der Waals surface area contributed by atoms with Crippen molar-refractivity contribution in [2.24, 2.45) is 5.16 Å². The molecule has 3 aromatic rings. The summed E-state index contributed by atoms with van der Waals surface area (Å²) in [5.41, 5.74) is 8.00. The molecule has 0 unspecified atom stereocenters. The molecule has 0 aliphatic heterocycles. The van der Waals surface area contributed by atoms with Gasteiger partial charge in [0.1, 0.15) is 0 Å². The first-order chi connectivity index (χ1) is 14.6. The summed E-state index contributed by atoms with van der Waals surface area (Å²) in [5.74, 6) is 1.15. The van der Waals surface area contributed by atoms with Gasteiger partial charge in [0.25, 0.3) is 5.91 Å². The highest BCUT2D eigenvalue weighted by Crippen LogP contribution is 2.27. The van der Waals surface area contributed by atoms with Crippen molar-refractivity contribution in [1.29, 1.82) is 0 Å². The third-order valence-corrected chi connectivity index (χ3v) is 5.28. The number of carbonyl (C=O) groups is 1. The van der Waals surface area contributed by atoms with Gasteiger partial charge in [-0.3, -0.25) is 4.79 Å². The van der Waals surface area contributed by atoms with Crippen LogP contribution in [-0.4, -0.2) is 26.3 Å². The largest absolute Gasteiger partial charge is 0.493 e. The van der Waals surface area contributed by atoms with Crippen molar-refractivity contribution >= 4 is 34.8 Å². The number of rotatable bonds is 9. The van der Waals surface area contributed by atoms with Gasteiger partial charge in [-0.15, -0.1) is 11.3 Å². The molecule has 1 aromatic heterocycles. The fourth-order valence-corrected chi connectivity index (χ4v) is 3.49. The first-order valence-corrected chi connectivity index (χ1v) is 10.0. The molecule has 2 aromatic carbocycles. The molecule has 0 bridgehead atoms. The van der Waals surface area contributed by atoms with Gasteiger partial charge in [-0.1, -0.05) is 23.4 Å². The van der Waals surface area contributed by atoms with E-state index in [2.05, 4.69) is 10.5 Å². The summed E-state index contributed by atoms with van der Waals surface area (Å²) >= 11 is 1.35. The zero-order valence-electron chi connectivity index (χ0n) is 16.8. The van der Waals surface area contributed by atoms with E-state index < -0.39 is 0 Å². The lowest BCUT2D eigenvalue weighted by atomic mass is 10.1. The van der Waals surface area contributed by atoms with Crippen LogP contribution in [0.3, 0.4) is 0 Å². The van der Waals surface area contributed by atoms with Crippen molar-refractivity contribution in [3.63, 3.8) is 0 Å². The minimum atomic E-state index is -0.207. The third-order valence-electron chi connectivity index (χ3n) is 4.23. The lowest BCUT2D eigenvalue weighted by Crippen LogP contribution is -2.11. The fourth-order valence-electron chi connectivity index (χ4n) is 2.68. The van der Waals surface area contributed by atoms with E-state index in [9.17, 15) is 4.79 Å². The van der Waals surface area contributed by atoms with Crippen molar-refractivity contribution in [3.8, 4) is 11.5 Å². The van der Waals surface area contributed by atoms with E-state index in [4.69, 9.17) is 20.0 Å². The summed E-state index contributed by atoms with van der Waals surface area (Å²) in [5, 5.41) is 6.79. The third kappa shape index (κ3) is 5.51. The highest BCUT2D eigenvalue weighted by molar-refractivity contribution is 7.14. The second-order valence-corrected chi connectivity index (χ2v) is 7.43. The maximum atomic E-state index is 12.4. The van der Waals surface area contributed by atoms with Crippen LogP contribution in [0.15, 0.2) is 59.8 Å². The maximum Gasteiger partial charge on any atom is 0.265 e. The molecule has 0 aliphatic carbocycles. The van der Waals surface area contributed by atoms with Gasteiger partial charge in [-0.25, -0.2) is 0 Å².